The molecule has 2 rings (SSSR count). The fourth-order valence-corrected chi connectivity index (χ4v) is 4.12. The third kappa shape index (κ3) is 9.30. The van der Waals surface area contributed by atoms with Crippen molar-refractivity contribution in [1.29, 1.82) is 0 Å². The molecule has 3 atom stereocenters. The van der Waals surface area contributed by atoms with Crippen LogP contribution >= 0.6 is 0 Å². The van der Waals surface area contributed by atoms with E-state index in [9.17, 15) is 9.59 Å². The normalized spacial score (nSPS) is 23.1. The first-order chi connectivity index (χ1) is 13.8. The first-order valence-electron chi connectivity index (χ1n) is 11.2. The van der Waals surface area contributed by atoms with Crippen molar-refractivity contribution in [2.45, 2.75) is 109 Å². The molecule has 166 valence electrons. The molecule has 1 aliphatic heterocycles. The largest absolute Gasteiger partial charge is 0.444 e. The van der Waals surface area contributed by atoms with Gasteiger partial charge in [0.25, 0.3) is 0 Å². The quantitative estimate of drug-likeness (QED) is 0.548. The summed E-state index contributed by atoms with van der Waals surface area (Å²) in [5.74, 6) is 0.423. The second kappa shape index (κ2) is 11.7. The summed E-state index contributed by atoms with van der Waals surface area (Å²) in [6.45, 7) is 9.79. The van der Waals surface area contributed by atoms with Gasteiger partial charge < -0.3 is 19.5 Å². The number of carbonyl (C=O) groups is 2. The molecule has 0 aromatic carbocycles. The zero-order valence-corrected chi connectivity index (χ0v) is 18.4. The van der Waals surface area contributed by atoms with E-state index in [4.69, 9.17) is 14.2 Å². The Morgan fingerprint density at radius 2 is 1.83 bits per heavy atom. The highest BCUT2D eigenvalue weighted by Gasteiger charge is 2.33. The molecule has 29 heavy (non-hydrogen) atoms. The third-order valence-electron chi connectivity index (χ3n) is 5.56. The molecular weight excluding hydrogens is 370 g/mol. The molecule has 0 aromatic heterocycles. The van der Waals surface area contributed by atoms with Gasteiger partial charge in [0.15, 0.2) is 12.1 Å². The average Bonchev–Trinajstić information content (AvgIpc) is 2.67. The highest BCUT2D eigenvalue weighted by Crippen LogP contribution is 2.30. The molecule has 1 unspecified atom stereocenters. The summed E-state index contributed by atoms with van der Waals surface area (Å²) in [5, 5.41) is 3.01. The van der Waals surface area contributed by atoms with Gasteiger partial charge in [-0.3, -0.25) is 4.79 Å². The van der Waals surface area contributed by atoms with Crippen LogP contribution in [0.1, 0.15) is 85.0 Å². The van der Waals surface area contributed by atoms with Gasteiger partial charge >= 0.3 is 6.09 Å². The summed E-state index contributed by atoms with van der Waals surface area (Å²) >= 11 is 0. The Labute approximate surface area is 175 Å². The van der Waals surface area contributed by atoms with Gasteiger partial charge in [0, 0.05) is 13.0 Å². The Morgan fingerprint density at radius 1 is 1.14 bits per heavy atom. The standard InChI is InChI=1S/C23H39NO5/c1-5-18(25)16-20(28-21-13-9-10-14-27-21)19(15-17-11-7-6-8-12-17)24-22(26)29-23(2,3)4/h5,17,19-21H,1,6-16H2,2-4H3,(H,24,26)/t19-,20-,21?/m0/s1. The topological polar surface area (TPSA) is 73.9 Å². The SMILES string of the molecule is C=CC(=O)C[C@H](OC1CCCCO1)[C@H](CC1CCCCC1)NC(=O)OC(C)(C)C. The molecule has 1 saturated heterocycles. The van der Waals surface area contributed by atoms with E-state index >= 15 is 0 Å². The molecule has 1 saturated carbocycles. The molecule has 0 spiro atoms. The molecule has 1 heterocycles. The first-order valence-corrected chi connectivity index (χ1v) is 11.2. The fraction of sp³-hybridized carbons (Fsp3) is 0.826. The number of allylic oxidation sites excluding steroid dienone is 1. The van der Waals surface area contributed by atoms with Gasteiger partial charge in [-0.2, -0.15) is 0 Å². The van der Waals surface area contributed by atoms with Gasteiger partial charge in [0.1, 0.15) is 5.60 Å². The number of amides is 1. The lowest BCUT2D eigenvalue weighted by Crippen LogP contribution is -2.49. The van der Waals surface area contributed by atoms with Crippen molar-refractivity contribution >= 4 is 11.9 Å². The Kier molecular flexibility index (Phi) is 9.63. The summed E-state index contributed by atoms with van der Waals surface area (Å²) in [6, 6.07) is -0.303. The van der Waals surface area contributed by atoms with Crippen LogP contribution in [0.15, 0.2) is 12.7 Å². The maximum Gasteiger partial charge on any atom is 0.407 e. The second-order valence-corrected chi connectivity index (χ2v) is 9.34. The van der Waals surface area contributed by atoms with Gasteiger partial charge in [-0.25, -0.2) is 4.79 Å². The molecule has 1 aliphatic carbocycles. The van der Waals surface area contributed by atoms with Gasteiger partial charge in [0.05, 0.1) is 12.1 Å². The molecule has 0 bridgehead atoms. The fourth-order valence-electron chi connectivity index (χ4n) is 4.12. The monoisotopic (exact) mass is 409 g/mol. The van der Waals surface area contributed by atoms with Crippen LogP contribution in [0.5, 0.6) is 0 Å². The molecule has 6 heteroatoms. The van der Waals surface area contributed by atoms with E-state index in [1.54, 1.807) is 0 Å². The van der Waals surface area contributed by atoms with Crippen molar-refractivity contribution in [1.82, 2.24) is 5.32 Å². The number of carbonyl (C=O) groups excluding carboxylic acids is 2. The maximum atomic E-state index is 12.5. The number of hydrogen-bond acceptors (Lipinski definition) is 5. The average molecular weight is 410 g/mol. The van der Waals surface area contributed by atoms with E-state index in [1.165, 1.54) is 25.3 Å². The third-order valence-corrected chi connectivity index (χ3v) is 5.56. The highest BCUT2D eigenvalue weighted by molar-refractivity contribution is 5.89. The van der Waals surface area contributed by atoms with Crippen LogP contribution < -0.4 is 5.32 Å². The van der Waals surface area contributed by atoms with Gasteiger partial charge in [-0.05, 0) is 58.4 Å². The zero-order valence-electron chi connectivity index (χ0n) is 18.4. The summed E-state index contributed by atoms with van der Waals surface area (Å²) in [7, 11) is 0. The molecule has 1 amide bonds. The van der Waals surface area contributed by atoms with Crippen molar-refractivity contribution < 1.29 is 23.8 Å². The number of ketones is 1. The molecule has 2 aliphatic rings. The number of rotatable bonds is 9. The number of alkyl carbamates (subject to hydrolysis) is 1. The van der Waals surface area contributed by atoms with Crippen LogP contribution in [0, 0.1) is 5.92 Å². The summed E-state index contributed by atoms with van der Waals surface area (Å²) < 4.78 is 17.5. The predicted molar refractivity (Wildman–Crippen MR) is 113 cm³/mol. The maximum absolute atomic E-state index is 12.5. The molecule has 6 nitrogen and oxygen atoms in total. The summed E-state index contributed by atoms with van der Waals surface area (Å²) in [4.78, 5) is 24.7. The van der Waals surface area contributed by atoms with Crippen molar-refractivity contribution in [3.05, 3.63) is 12.7 Å². The van der Waals surface area contributed by atoms with E-state index < -0.39 is 17.8 Å². The number of nitrogens with one attached hydrogen (secondary N) is 1. The van der Waals surface area contributed by atoms with Crippen LogP contribution in [0.2, 0.25) is 0 Å². The Balaban J connectivity index is 2.13. The summed E-state index contributed by atoms with van der Waals surface area (Å²) in [6.07, 6.45) is 9.88. The smallest absolute Gasteiger partial charge is 0.407 e. The minimum atomic E-state index is -0.584. The molecular formula is C23H39NO5. The van der Waals surface area contributed by atoms with E-state index in [2.05, 4.69) is 11.9 Å². The molecule has 0 radical (unpaired) electrons. The van der Waals surface area contributed by atoms with Crippen molar-refractivity contribution in [2.75, 3.05) is 6.61 Å². The van der Waals surface area contributed by atoms with E-state index in [0.29, 0.717) is 12.5 Å². The number of ether oxygens (including phenoxy) is 3. The van der Waals surface area contributed by atoms with Crippen LogP contribution in [0.25, 0.3) is 0 Å². The zero-order chi connectivity index (χ0) is 21.3. The predicted octanol–water partition coefficient (Wildman–Crippen LogP) is 4.91. The first kappa shape index (κ1) is 23.9. The Hall–Kier alpha value is -1.40. The molecule has 1 N–H and O–H groups in total. The lowest BCUT2D eigenvalue weighted by Gasteiger charge is -2.35. The minimum absolute atomic E-state index is 0.0922. The van der Waals surface area contributed by atoms with Gasteiger partial charge in [-0.15, -0.1) is 0 Å². The Morgan fingerprint density at radius 3 is 2.41 bits per heavy atom. The van der Waals surface area contributed by atoms with Crippen molar-refractivity contribution in [2.24, 2.45) is 5.92 Å². The van der Waals surface area contributed by atoms with Crippen LogP contribution in [0.3, 0.4) is 0 Å². The Bertz CT molecular complexity index is 530. The number of hydrogen-bond donors (Lipinski definition) is 1. The lowest BCUT2D eigenvalue weighted by atomic mass is 9.83. The van der Waals surface area contributed by atoms with Crippen molar-refractivity contribution in [3.63, 3.8) is 0 Å². The minimum Gasteiger partial charge on any atom is -0.444 e. The van der Waals surface area contributed by atoms with Crippen molar-refractivity contribution in [3.8, 4) is 0 Å². The van der Waals surface area contributed by atoms with E-state index in [0.717, 1.165) is 38.5 Å². The van der Waals surface area contributed by atoms with E-state index in [1.807, 2.05) is 20.8 Å². The second-order valence-electron chi connectivity index (χ2n) is 9.34. The van der Waals surface area contributed by atoms with Gasteiger partial charge in [-0.1, -0.05) is 38.7 Å². The highest BCUT2D eigenvalue weighted by atomic mass is 16.7. The van der Waals surface area contributed by atoms with Crippen LogP contribution in [-0.2, 0) is 19.0 Å². The van der Waals surface area contributed by atoms with Crippen LogP contribution in [0.4, 0.5) is 4.79 Å². The molecule has 0 aromatic rings. The van der Waals surface area contributed by atoms with Crippen LogP contribution in [-0.4, -0.2) is 42.5 Å². The van der Waals surface area contributed by atoms with E-state index in [-0.39, 0.29) is 24.5 Å². The van der Waals surface area contributed by atoms with Gasteiger partial charge in [0.2, 0.25) is 0 Å². The molecule has 2 fully saturated rings. The lowest BCUT2D eigenvalue weighted by molar-refractivity contribution is -0.195. The summed E-state index contributed by atoms with van der Waals surface area (Å²) in [5.41, 5.74) is -0.584.